The van der Waals surface area contributed by atoms with Gasteiger partial charge in [0.1, 0.15) is 0 Å². The van der Waals surface area contributed by atoms with Gasteiger partial charge in [-0.3, -0.25) is 23.7 Å². The summed E-state index contributed by atoms with van der Waals surface area (Å²) in [4.78, 5) is 53.9. The van der Waals surface area contributed by atoms with Gasteiger partial charge in [-0.05, 0) is 30.3 Å². The zero-order valence-corrected chi connectivity index (χ0v) is 22.5. The number of ether oxygens (including phenoxy) is 4. The molecule has 37 heavy (non-hydrogen) atoms. The third-order valence-corrected chi connectivity index (χ3v) is 6.95. The second-order valence-electron chi connectivity index (χ2n) is 8.15. The molecule has 3 aromatic rings. The van der Waals surface area contributed by atoms with E-state index in [4.69, 9.17) is 23.9 Å². The van der Waals surface area contributed by atoms with Crippen LogP contribution in [0.1, 0.15) is 20.8 Å². The van der Waals surface area contributed by atoms with Gasteiger partial charge in [-0.25, -0.2) is 4.98 Å². The molecule has 0 spiro atoms. The van der Waals surface area contributed by atoms with Crippen molar-refractivity contribution in [3.63, 3.8) is 0 Å². The summed E-state index contributed by atoms with van der Waals surface area (Å²) in [6.45, 7) is 3.48. The van der Waals surface area contributed by atoms with E-state index in [1.54, 1.807) is 42.5 Å². The Kier molecular flexibility index (Phi) is 8.30. The fourth-order valence-electron chi connectivity index (χ4n) is 3.94. The zero-order valence-electron chi connectivity index (χ0n) is 20.1. The predicted molar refractivity (Wildman–Crippen MR) is 137 cm³/mol. The summed E-state index contributed by atoms with van der Waals surface area (Å²) in [5, 5.41) is 0.664. The lowest BCUT2D eigenvalue weighted by atomic mass is 10.1. The van der Waals surface area contributed by atoms with Gasteiger partial charge < -0.3 is 18.9 Å². The first-order valence-corrected chi connectivity index (χ1v) is 12.9. The first-order chi connectivity index (χ1) is 17.6. The number of fused-ring (bicyclic) bond motifs is 1. The van der Waals surface area contributed by atoms with E-state index in [9.17, 15) is 19.2 Å². The van der Waals surface area contributed by atoms with Crippen LogP contribution in [0.25, 0.3) is 16.6 Å². The summed E-state index contributed by atoms with van der Waals surface area (Å²) in [7, 11) is 0. The lowest BCUT2D eigenvalue weighted by Gasteiger charge is -2.40. The third-order valence-electron chi connectivity index (χ3n) is 5.34. The average Bonchev–Trinajstić information content (AvgIpc) is 2.83. The summed E-state index contributed by atoms with van der Waals surface area (Å²) in [6.07, 6.45) is -3.29. The Morgan fingerprint density at radius 3 is 2.27 bits per heavy atom. The van der Waals surface area contributed by atoms with Crippen molar-refractivity contribution >= 4 is 56.5 Å². The van der Waals surface area contributed by atoms with E-state index in [-0.39, 0.29) is 17.3 Å². The summed E-state index contributed by atoms with van der Waals surface area (Å²) in [5.41, 5.74) is -0.236. The maximum atomic E-state index is 13.6. The SMILES string of the molecule is CC(=O)O[C@H]1[C@H](OC(C)=O)[C@@H](Sc2nc3ccc(Br)cc3c(=O)n2-c2ccccc2)OC[C@@H]1OC(C)=O. The van der Waals surface area contributed by atoms with Gasteiger partial charge in [-0.2, -0.15) is 0 Å². The molecule has 194 valence electrons. The standard InChI is InChI=1S/C25H23BrN2O8S/c1-13(29)34-20-12-33-24(22(36-15(3)31)21(20)35-14(2)30)37-25-27-19-10-9-16(26)11-18(19)23(32)28(25)17-7-5-4-6-8-17/h4-11,20-22,24H,12H2,1-3H3/t20-,21+,22-,24+/m0/s1. The number of para-hydroxylation sites is 1. The minimum Gasteiger partial charge on any atom is -0.456 e. The number of carbonyl (C=O) groups excluding carboxylic acids is 3. The molecule has 1 aromatic heterocycles. The van der Waals surface area contributed by atoms with Gasteiger partial charge >= 0.3 is 17.9 Å². The minimum absolute atomic E-state index is 0.136. The summed E-state index contributed by atoms with van der Waals surface area (Å²) in [6, 6.07) is 14.1. The average molecular weight is 591 g/mol. The number of rotatable bonds is 6. The van der Waals surface area contributed by atoms with Gasteiger partial charge in [0.2, 0.25) is 0 Å². The van der Waals surface area contributed by atoms with Crippen molar-refractivity contribution in [3.8, 4) is 5.69 Å². The van der Waals surface area contributed by atoms with E-state index in [0.29, 0.717) is 16.6 Å². The van der Waals surface area contributed by atoms with E-state index >= 15 is 0 Å². The maximum absolute atomic E-state index is 13.6. The molecule has 0 amide bonds. The molecule has 0 unspecified atom stereocenters. The van der Waals surface area contributed by atoms with E-state index in [0.717, 1.165) is 16.2 Å². The monoisotopic (exact) mass is 590 g/mol. The fourth-order valence-corrected chi connectivity index (χ4v) is 5.44. The van der Waals surface area contributed by atoms with Crippen molar-refractivity contribution < 1.29 is 33.3 Å². The minimum atomic E-state index is -1.16. The molecule has 0 N–H and O–H groups in total. The van der Waals surface area contributed by atoms with Crippen LogP contribution in [0.3, 0.4) is 0 Å². The van der Waals surface area contributed by atoms with Crippen LogP contribution >= 0.6 is 27.7 Å². The lowest BCUT2D eigenvalue weighted by Crippen LogP contribution is -2.56. The lowest BCUT2D eigenvalue weighted by molar-refractivity contribution is -0.213. The molecule has 12 heteroatoms. The van der Waals surface area contributed by atoms with Crippen molar-refractivity contribution in [1.82, 2.24) is 9.55 Å². The van der Waals surface area contributed by atoms with Gasteiger partial charge in [-0.15, -0.1) is 0 Å². The number of thioether (sulfide) groups is 1. The highest BCUT2D eigenvalue weighted by Crippen LogP contribution is 2.35. The molecule has 2 aromatic carbocycles. The number of esters is 3. The molecule has 1 fully saturated rings. The second-order valence-corrected chi connectivity index (χ2v) is 10.1. The first-order valence-electron chi connectivity index (χ1n) is 11.2. The molecular weight excluding hydrogens is 568 g/mol. The molecule has 1 saturated heterocycles. The Morgan fingerprint density at radius 2 is 1.62 bits per heavy atom. The molecule has 0 saturated carbocycles. The van der Waals surface area contributed by atoms with Crippen LogP contribution in [0, 0.1) is 0 Å². The van der Waals surface area contributed by atoms with Gasteiger partial charge in [-0.1, -0.05) is 45.9 Å². The Morgan fingerprint density at radius 1 is 0.973 bits per heavy atom. The van der Waals surface area contributed by atoms with Crippen molar-refractivity contribution in [3.05, 3.63) is 63.4 Å². The van der Waals surface area contributed by atoms with Crippen molar-refractivity contribution in [2.75, 3.05) is 6.61 Å². The van der Waals surface area contributed by atoms with Crippen LogP contribution in [0.2, 0.25) is 0 Å². The number of benzene rings is 2. The van der Waals surface area contributed by atoms with Gasteiger partial charge in [0.15, 0.2) is 28.9 Å². The van der Waals surface area contributed by atoms with E-state index in [1.807, 2.05) is 6.07 Å². The molecule has 0 bridgehead atoms. The Hall–Kier alpha value is -3.22. The third kappa shape index (κ3) is 6.20. The zero-order chi connectivity index (χ0) is 26.7. The number of aromatic nitrogens is 2. The van der Waals surface area contributed by atoms with Gasteiger partial charge in [0.25, 0.3) is 5.56 Å². The molecule has 4 rings (SSSR count). The fraction of sp³-hybridized carbons (Fsp3) is 0.320. The van der Waals surface area contributed by atoms with Crippen LogP contribution in [0.15, 0.2) is 63.0 Å². The number of halogens is 1. The first kappa shape index (κ1) is 26.8. The number of nitrogens with zero attached hydrogens (tertiary/aromatic N) is 2. The summed E-state index contributed by atoms with van der Waals surface area (Å²) >= 11 is 4.43. The van der Waals surface area contributed by atoms with Crippen molar-refractivity contribution in [1.29, 1.82) is 0 Å². The number of hydrogen-bond acceptors (Lipinski definition) is 10. The van der Waals surface area contributed by atoms with E-state index < -0.39 is 41.7 Å². The Balaban J connectivity index is 1.81. The molecule has 0 radical (unpaired) electrons. The van der Waals surface area contributed by atoms with E-state index in [1.165, 1.54) is 25.3 Å². The molecule has 1 aliphatic rings. The molecule has 10 nitrogen and oxygen atoms in total. The molecule has 0 aliphatic carbocycles. The van der Waals surface area contributed by atoms with Crippen LogP contribution in [-0.2, 0) is 33.3 Å². The van der Waals surface area contributed by atoms with Crippen LogP contribution < -0.4 is 5.56 Å². The Labute approximate surface area is 224 Å². The maximum Gasteiger partial charge on any atom is 0.303 e. The van der Waals surface area contributed by atoms with Crippen LogP contribution in [0.4, 0.5) is 0 Å². The second kappa shape index (κ2) is 11.4. The highest BCUT2D eigenvalue weighted by atomic mass is 79.9. The molecular formula is C25H23BrN2O8S. The topological polar surface area (TPSA) is 123 Å². The van der Waals surface area contributed by atoms with Gasteiger partial charge in [0, 0.05) is 25.2 Å². The Bertz CT molecular complexity index is 1400. The molecule has 4 atom stereocenters. The van der Waals surface area contributed by atoms with E-state index in [2.05, 4.69) is 15.9 Å². The highest BCUT2D eigenvalue weighted by Gasteiger charge is 2.47. The molecule has 2 heterocycles. The van der Waals surface area contributed by atoms with Gasteiger partial charge in [0.05, 0.1) is 23.2 Å². The quantitative estimate of drug-likeness (QED) is 0.240. The molecule has 1 aliphatic heterocycles. The van der Waals surface area contributed by atoms with Crippen molar-refractivity contribution in [2.45, 2.75) is 49.7 Å². The normalized spacial score (nSPS) is 21.3. The van der Waals surface area contributed by atoms with Crippen LogP contribution in [-0.4, -0.2) is 57.8 Å². The predicted octanol–water partition coefficient (Wildman–Crippen LogP) is 3.39. The largest absolute Gasteiger partial charge is 0.456 e. The summed E-state index contributed by atoms with van der Waals surface area (Å²) in [5.74, 6) is -1.92. The summed E-state index contributed by atoms with van der Waals surface area (Å²) < 4.78 is 24.3. The van der Waals surface area contributed by atoms with Crippen molar-refractivity contribution in [2.24, 2.45) is 0 Å². The highest BCUT2D eigenvalue weighted by molar-refractivity contribution is 9.10. The number of hydrogen-bond donors (Lipinski definition) is 0. The number of carbonyl (C=O) groups is 3. The van der Waals surface area contributed by atoms with Crippen LogP contribution in [0.5, 0.6) is 0 Å². The smallest absolute Gasteiger partial charge is 0.303 e.